The predicted octanol–water partition coefficient (Wildman–Crippen LogP) is 3.11. The van der Waals surface area contributed by atoms with Gasteiger partial charge in [0.05, 0.1) is 6.20 Å². The molecule has 0 saturated carbocycles. The Hall–Kier alpha value is -2.69. The molecular formula is C20H22N2O3. The Morgan fingerprint density at radius 3 is 2.76 bits per heavy atom. The van der Waals surface area contributed by atoms with Gasteiger partial charge in [-0.2, -0.15) is 0 Å². The third-order valence-electron chi connectivity index (χ3n) is 4.47. The van der Waals surface area contributed by atoms with Crippen molar-refractivity contribution in [3.63, 3.8) is 0 Å². The lowest BCUT2D eigenvalue weighted by atomic mass is 10.0. The maximum atomic E-state index is 12.7. The first-order valence-electron chi connectivity index (χ1n) is 8.60. The van der Waals surface area contributed by atoms with Crippen molar-refractivity contribution in [2.75, 3.05) is 6.54 Å². The fourth-order valence-electron chi connectivity index (χ4n) is 3.20. The van der Waals surface area contributed by atoms with Crippen molar-refractivity contribution in [1.29, 1.82) is 0 Å². The van der Waals surface area contributed by atoms with Crippen molar-refractivity contribution in [1.82, 2.24) is 9.88 Å². The molecule has 2 heterocycles. The van der Waals surface area contributed by atoms with E-state index in [1.165, 1.54) is 0 Å². The van der Waals surface area contributed by atoms with Crippen LogP contribution in [0.1, 0.15) is 36.5 Å². The summed E-state index contributed by atoms with van der Waals surface area (Å²) in [4.78, 5) is 31.0. The minimum atomic E-state index is -0.600. The van der Waals surface area contributed by atoms with Gasteiger partial charge in [-0.05, 0) is 31.9 Å². The van der Waals surface area contributed by atoms with E-state index in [9.17, 15) is 9.59 Å². The molecule has 2 atom stereocenters. The standard InChI is InChI=1S/C20H22N2O3/c1-15(25-18-10-5-11-21-14-18)20(24)22-12-6-9-17(22)13-19(23)16-7-3-2-4-8-16/h2-5,7-8,10-11,14-15,17H,6,9,12-13H2,1H3/t15-,17-/m1/s1. The fraction of sp³-hybridized carbons (Fsp3) is 0.350. The summed E-state index contributed by atoms with van der Waals surface area (Å²) in [6.45, 7) is 2.41. The van der Waals surface area contributed by atoms with Gasteiger partial charge in [-0.25, -0.2) is 0 Å². The minimum Gasteiger partial charge on any atom is -0.479 e. The quantitative estimate of drug-likeness (QED) is 0.759. The van der Waals surface area contributed by atoms with Gasteiger partial charge in [-0.1, -0.05) is 30.3 Å². The summed E-state index contributed by atoms with van der Waals surface area (Å²) in [6, 6.07) is 12.7. The highest BCUT2D eigenvalue weighted by Gasteiger charge is 2.33. The number of carbonyl (C=O) groups is 2. The van der Waals surface area contributed by atoms with Crippen LogP contribution in [-0.4, -0.2) is 40.3 Å². The van der Waals surface area contributed by atoms with E-state index in [-0.39, 0.29) is 17.7 Å². The van der Waals surface area contributed by atoms with Crippen molar-refractivity contribution in [2.24, 2.45) is 0 Å². The van der Waals surface area contributed by atoms with Crippen LogP contribution in [-0.2, 0) is 4.79 Å². The van der Waals surface area contributed by atoms with E-state index in [1.807, 2.05) is 30.3 Å². The lowest BCUT2D eigenvalue weighted by Crippen LogP contribution is -2.43. The molecule has 0 unspecified atom stereocenters. The molecule has 1 aromatic heterocycles. The van der Waals surface area contributed by atoms with Crippen molar-refractivity contribution in [3.8, 4) is 5.75 Å². The molecule has 25 heavy (non-hydrogen) atoms. The van der Waals surface area contributed by atoms with Crippen LogP contribution in [0.25, 0.3) is 0 Å². The van der Waals surface area contributed by atoms with E-state index >= 15 is 0 Å². The highest BCUT2D eigenvalue weighted by Crippen LogP contribution is 2.23. The Labute approximate surface area is 147 Å². The Bertz CT molecular complexity index is 718. The topological polar surface area (TPSA) is 59.5 Å². The maximum absolute atomic E-state index is 12.7. The molecule has 0 radical (unpaired) electrons. The summed E-state index contributed by atoms with van der Waals surface area (Å²) >= 11 is 0. The highest BCUT2D eigenvalue weighted by atomic mass is 16.5. The van der Waals surface area contributed by atoms with Crippen LogP contribution in [0, 0.1) is 0 Å². The monoisotopic (exact) mass is 338 g/mol. The molecule has 0 aliphatic carbocycles. The van der Waals surface area contributed by atoms with Crippen LogP contribution in [0.5, 0.6) is 5.75 Å². The molecule has 1 aromatic carbocycles. The molecular weight excluding hydrogens is 316 g/mol. The van der Waals surface area contributed by atoms with Gasteiger partial charge in [-0.15, -0.1) is 0 Å². The number of hydrogen-bond acceptors (Lipinski definition) is 4. The number of likely N-dealkylation sites (tertiary alicyclic amines) is 1. The van der Waals surface area contributed by atoms with Crippen LogP contribution in [0.4, 0.5) is 0 Å². The van der Waals surface area contributed by atoms with E-state index in [2.05, 4.69) is 4.98 Å². The van der Waals surface area contributed by atoms with E-state index in [0.29, 0.717) is 24.3 Å². The molecule has 0 bridgehead atoms. The number of benzene rings is 1. The number of pyridine rings is 1. The third kappa shape index (κ3) is 4.24. The molecule has 130 valence electrons. The van der Waals surface area contributed by atoms with E-state index in [1.54, 1.807) is 36.4 Å². The zero-order chi connectivity index (χ0) is 17.6. The van der Waals surface area contributed by atoms with E-state index in [0.717, 1.165) is 12.8 Å². The van der Waals surface area contributed by atoms with Gasteiger partial charge >= 0.3 is 0 Å². The lowest BCUT2D eigenvalue weighted by molar-refractivity contribution is -0.138. The first-order chi connectivity index (χ1) is 12.1. The second kappa shape index (κ2) is 7.92. The number of Topliss-reactive ketones (excluding diaryl/α,β-unsaturated/α-hetero) is 1. The van der Waals surface area contributed by atoms with Gasteiger partial charge in [0.15, 0.2) is 11.9 Å². The second-order valence-electron chi connectivity index (χ2n) is 6.27. The van der Waals surface area contributed by atoms with Crippen LogP contribution in [0.15, 0.2) is 54.9 Å². The van der Waals surface area contributed by atoms with Gasteiger partial charge in [-0.3, -0.25) is 14.6 Å². The number of amides is 1. The predicted molar refractivity (Wildman–Crippen MR) is 94.5 cm³/mol. The average molecular weight is 338 g/mol. The second-order valence-corrected chi connectivity index (χ2v) is 6.27. The van der Waals surface area contributed by atoms with Crippen molar-refractivity contribution in [2.45, 2.75) is 38.3 Å². The van der Waals surface area contributed by atoms with E-state index in [4.69, 9.17) is 4.74 Å². The summed E-state index contributed by atoms with van der Waals surface area (Å²) in [7, 11) is 0. The van der Waals surface area contributed by atoms with Crippen LogP contribution < -0.4 is 4.74 Å². The number of carbonyl (C=O) groups excluding carboxylic acids is 2. The van der Waals surface area contributed by atoms with Crippen LogP contribution >= 0.6 is 0 Å². The summed E-state index contributed by atoms with van der Waals surface area (Å²) in [5.74, 6) is 0.567. The Morgan fingerprint density at radius 2 is 2.04 bits per heavy atom. The number of rotatable bonds is 6. The number of nitrogens with zero attached hydrogens (tertiary/aromatic N) is 2. The number of ether oxygens (including phenoxy) is 1. The van der Waals surface area contributed by atoms with Gasteiger partial charge in [0.2, 0.25) is 0 Å². The molecule has 5 heteroatoms. The third-order valence-corrected chi connectivity index (χ3v) is 4.47. The maximum Gasteiger partial charge on any atom is 0.263 e. The first kappa shape index (κ1) is 17.1. The van der Waals surface area contributed by atoms with Crippen molar-refractivity contribution in [3.05, 3.63) is 60.4 Å². The molecule has 2 aromatic rings. The lowest BCUT2D eigenvalue weighted by Gasteiger charge is -2.27. The molecule has 0 spiro atoms. The normalized spacial score (nSPS) is 18.0. The molecule has 1 fully saturated rings. The molecule has 3 rings (SSSR count). The molecule has 1 aliphatic heterocycles. The molecule has 0 N–H and O–H groups in total. The summed E-state index contributed by atoms with van der Waals surface area (Å²) < 4.78 is 5.69. The SMILES string of the molecule is C[C@@H](Oc1cccnc1)C(=O)N1CCC[C@@H]1CC(=O)c1ccccc1. The van der Waals surface area contributed by atoms with E-state index < -0.39 is 6.10 Å². The van der Waals surface area contributed by atoms with Gasteiger partial charge in [0, 0.05) is 30.8 Å². The summed E-state index contributed by atoms with van der Waals surface area (Å²) in [5, 5.41) is 0. The first-order valence-corrected chi connectivity index (χ1v) is 8.60. The van der Waals surface area contributed by atoms with Crippen molar-refractivity contribution < 1.29 is 14.3 Å². The zero-order valence-electron chi connectivity index (χ0n) is 14.3. The number of hydrogen-bond donors (Lipinski definition) is 0. The van der Waals surface area contributed by atoms with Gasteiger partial charge in [0.25, 0.3) is 5.91 Å². The zero-order valence-corrected chi connectivity index (χ0v) is 14.3. The number of ketones is 1. The number of aromatic nitrogens is 1. The largest absolute Gasteiger partial charge is 0.479 e. The van der Waals surface area contributed by atoms with Gasteiger partial charge < -0.3 is 9.64 Å². The van der Waals surface area contributed by atoms with Crippen LogP contribution in [0.3, 0.4) is 0 Å². The average Bonchev–Trinajstić information content (AvgIpc) is 3.10. The Kier molecular flexibility index (Phi) is 5.43. The Balaban J connectivity index is 1.62. The van der Waals surface area contributed by atoms with Crippen LogP contribution in [0.2, 0.25) is 0 Å². The molecule has 1 amide bonds. The fourth-order valence-corrected chi connectivity index (χ4v) is 3.20. The molecule has 5 nitrogen and oxygen atoms in total. The Morgan fingerprint density at radius 1 is 1.24 bits per heavy atom. The highest BCUT2D eigenvalue weighted by molar-refractivity contribution is 5.96. The smallest absolute Gasteiger partial charge is 0.263 e. The van der Waals surface area contributed by atoms with Gasteiger partial charge in [0.1, 0.15) is 5.75 Å². The molecule has 1 aliphatic rings. The van der Waals surface area contributed by atoms with Crippen molar-refractivity contribution >= 4 is 11.7 Å². The molecule has 1 saturated heterocycles. The minimum absolute atomic E-state index is 0.0554. The summed E-state index contributed by atoms with van der Waals surface area (Å²) in [5.41, 5.74) is 0.696. The summed E-state index contributed by atoms with van der Waals surface area (Å²) in [6.07, 6.45) is 4.77.